The van der Waals surface area contributed by atoms with Crippen LogP contribution in [0.4, 0.5) is 0 Å². The van der Waals surface area contributed by atoms with Crippen LogP contribution in [0.15, 0.2) is 29.2 Å². The van der Waals surface area contributed by atoms with Crippen LogP contribution >= 0.6 is 0 Å². The van der Waals surface area contributed by atoms with Crippen LogP contribution in [0.5, 0.6) is 0 Å². The van der Waals surface area contributed by atoms with Gasteiger partial charge in [0.2, 0.25) is 0 Å². The van der Waals surface area contributed by atoms with Crippen LogP contribution in [-0.2, 0) is 10.8 Å². The maximum absolute atomic E-state index is 11.4. The van der Waals surface area contributed by atoms with Gasteiger partial charge in [-0.25, -0.2) is 0 Å². The number of hydrogen-bond donors (Lipinski definition) is 1. The minimum atomic E-state index is -0.903. The molecular weight excluding hydrogens is 182 g/mol. The number of hydrogen-bond acceptors (Lipinski definition) is 2. The Labute approximate surface area is 81.8 Å². The van der Waals surface area contributed by atoms with E-state index in [-0.39, 0.29) is 6.04 Å². The minimum absolute atomic E-state index is 0.250. The van der Waals surface area contributed by atoms with Gasteiger partial charge in [0.15, 0.2) is 0 Å². The molecule has 0 aliphatic heterocycles. The summed E-state index contributed by atoms with van der Waals surface area (Å²) in [6, 6.07) is 8.07. The van der Waals surface area contributed by atoms with E-state index >= 15 is 0 Å². The van der Waals surface area contributed by atoms with Gasteiger partial charge in [-0.15, -0.1) is 0 Å². The first kappa shape index (κ1) is 10.4. The van der Waals surface area contributed by atoms with E-state index in [2.05, 4.69) is 12.2 Å². The van der Waals surface area contributed by atoms with Gasteiger partial charge in [-0.1, -0.05) is 18.2 Å². The summed E-state index contributed by atoms with van der Waals surface area (Å²) < 4.78 is 11.4. The maximum Gasteiger partial charge on any atom is 0.0501 e. The monoisotopic (exact) mass is 197 g/mol. The van der Waals surface area contributed by atoms with Crippen molar-refractivity contribution < 1.29 is 4.21 Å². The summed E-state index contributed by atoms with van der Waals surface area (Å²) in [7, 11) is 1.00. The Balaban J connectivity index is 3.11. The Morgan fingerprint density at radius 1 is 1.38 bits per heavy atom. The molecule has 0 aliphatic rings. The molecule has 2 unspecified atom stereocenters. The first-order chi connectivity index (χ1) is 6.16. The Bertz CT molecular complexity index is 312. The van der Waals surface area contributed by atoms with Crippen molar-refractivity contribution in [2.45, 2.75) is 17.9 Å². The molecule has 0 radical (unpaired) electrons. The smallest absolute Gasteiger partial charge is 0.0501 e. The van der Waals surface area contributed by atoms with Crippen molar-refractivity contribution in [2.24, 2.45) is 0 Å². The molecule has 1 aromatic carbocycles. The molecule has 1 aromatic rings. The molecule has 0 aliphatic carbocycles. The van der Waals surface area contributed by atoms with Gasteiger partial charge in [0.05, 0.1) is 10.8 Å². The molecule has 0 spiro atoms. The van der Waals surface area contributed by atoms with E-state index in [4.69, 9.17) is 0 Å². The van der Waals surface area contributed by atoms with E-state index in [0.717, 1.165) is 10.5 Å². The van der Waals surface area contributed by atoms with Gasteiger partial charge in [-0.3, -0.25) is 4.21 Å². The van der Waals surface area contributed by atoms with Crippen LogP contribution < -0.4 is 5.32 Å². The van der Waals surface area contributed by atoms with Gasteiger partial charge in [0.25, 0.3) is 0 Å². The van der Waals surface area contributed by atoms with Gasteiger partial charge in [-0.05, 0) is 25.6 Å². The predicted octanol–water partition coefficient (Wildman–Crippen LogP) is 1.70. The third-order valence-electron chi connectivity index (χ3n) is 2.13. The summed E-state index contributed by atoms with van der Waals surface area (Å²) in [6.45, 7) is 2.06. The van der Waals surface area contributed by atoms with Crippen LogP contribution in [0.1, 0.15) is 18.5 Å². The normalized spacial score (nSPS) is 15.3. The fourth-order valence-corrected chi connectivity index (χ4v) is 2.10. The van der Waals surface area contributed by atoms with E-state index in [1.807, 2.05) is 31.3 Å². The van der Waals surface area contributed by atoms with Crippen molar-refractivity contribution >= 4 is 10.8 Å². The molecule has 0 amide bonds. The molecule has 1 N–H and O–H groups in total. The molecule has 0 saturated heterocycles. The number of benzene rings is 1. The molecule has 0 heterocycles. The summed E-state index contributed by atoms with van der Waals surface area (Å²) >= 11 is 0. The predicted molar refractivity (Wildman–Crippen MR) is 56.2 cm³/mol. The van der Waals surface area contributed by atoms with Crippen LogP contribution in [-0.4, -0.2) is 17.5 Å². The molecule has 0 fully saturated rings. The quantitative estimate of drug-likeness (QED) is 0.799. The average Bonchev–Trinajstić information content (AvgIpc) is 2.16. The average molecular weight is 197 g/mol. The highest BCUT2D eigenvalue weighted by Crippen LogP contribution is 2.19. The Kier molecular flexibility index (Phi) is 3.63. The standard InChI is InChI=1S/C10H15NOS/c1-8(11-2)9-6-4-5-7-10(9)13(3)12/h4-8,11H,1-3H3. The van der Waals surface area contributed by atoms with Crippen molar-refractivity contribution in [3.8, 4) is 0 Å². The van der Waals surface area contributed by atoms with Crippen molar-refractivity contribution in [1.82, 2.24) is 5.32 Å². The second kappa shape index (κ2) is 4.53. The first-order valence-electron chi connectivity index (χ1n) is 4.26. The molecule has 3 heteroatoms. The fraction of sp³-hybridized carbons (Fsp3) is 0.400. The minimum Gasteiger partial charge on any atom is -0.313 e. The molecule has 2 nitrogen and oxygen atoms in total. The van der Waals surface area contributed by atoms with Gasteiger partial charge in [-0.2, -0.15) is 0 Å². The van der Waals surface area contributed by atoms with Crippen molar-refractivity contribution in [2.75, 3.05) is 13.3 Å². The molecule has 72 valence electrons. The van der Waals surface area contributed by atoms with Crippen LogP contribution in [0.25, 0.3) is 0 Å². The highest BCUT2D eigenvalue weighted by molar-refractivity contribution is 7.84. The summed E-state index contributed by atoms with van der Waals surface area (Å²) in [5.74, 6) is 0. The second-order valence-corrected chi connectivity index (χ2v) is 4.35. The summed E-state index contributed by atoms with van der Waals surface area (Å²) in [5, 5.41) is 3.14. The van der Waals surface area contributed by atoms with Crippen molar-refractivity contribution in [1.29, 1.82) is 0 Å². The highest BCUT2D eigenvalue weighted by Gasteiger charge is 2.09. The summed E-state index contributed by atoms with van der Waals surface area (Å²) in [4.78, 5) is 0.921. The van der Waals surface area contributed by atoms with Crippen LogP contribution in [0.3, 0.4) is 0 Å². The number of rotatable bonds is 3. The van der Waals surface area contributed by atoms with Crippen LogP contribution in [0.2, 0.25) is 0 Å². The molecule has 0 saturated carbocycles. The maximum atomic E-state index is 11.4. The largest absolute Gasteiger partial charge is 0.313 e. The van der Waals surface area contributed by atoms with Crippen molar-refractivity contribution in [3.63, 3.8) is 0 Å². The highest BCUT2D eigenvalue weighted by atomic mass is 32.2. The first-order valence-corrected chi connectivity index (χ1v) is 5.82. The summed E-state index contributed by atoms with van der Waals surface area (Å²) in [6.07, 6.45) is 1.71. The van der Waals surface area contributed by atoms with Crippen LogP contribution in [0, 0.1) is 0 Å². The lowest BCUT2D eigenvalue weighted by molar-refractivity contribution is 0.636. The third kappa shape index (κ3) is 2.39. The lowest BCUT2D eigenvalue weighted by Crippen LogP contribution is -2.14. The lowest BCUT2D eigenvalue weighted by atomic mass is 10.1. The SMILES string of the molecule is CNC(C)c1ccccc1S(C)=O. The zero-order chi connectivity index (χ0) is 9.84. The third-order valence-corrected chi connectivity index (χ3v) is 3.12. The molecular formula is C10H15NOS. The Morgan fingerprint density at radius 2 is 2.00 bits per heavy atom. The zero-order valence-electron chi connectivity index (χ0n) is 8.20. The Morgan fingerprint density at radius 3 is 2.54 bits per heavy atom. The van der Waals surface area contributed by atoms with Gasteiger partial charge < -0.3 is 5.32 Å². The molecule has 0 bridgehead atoms. The molecule has 13 heavy (non-hydrogen) atoms. The Hall–Kier alpha value is -0.670. The van der Waals surface area contributed by atoms with Gasteiger partial charge in [0, 0.05) is 17.2 Å². The van der Waals surface area contributed by atoms with E-state index in [1.54, 1.807) is 6.26 Å². The van der Waals surface area contributed by atoms with Gasteiger partial charge >= 0.3 is 0 Å². The molecule has 0 aromatic heterocycles. The van der Waals surface area contributed by atoms with Gasteiger partial charge in [0.1, 0.15) is 0 Å². The van der Waals surface area contributed by atoms with E-state index < -0.39 is 10.8 Å². The lowest BCUT2D eigenvalue weighted by Gasteiger charge is -2.13. The molecule has 1 rings (SSSR count). The van der Waals surface area contributed by atoms with E-state index in [9.17, 15) is 4.21 Å². The molecule has 2 atom stereocenters. The number of nitrogens with one attached hydrogen (secondary N) is 1. The van der Waals surface area contributed by atoms with Crippen molar-refractivity contribution in [3.05, 3.63) is 29.8 Å². The summed E-state index contributed by atoms with van der Waals surface area (Å²) in [5.41, 5.74) is 1.12. The van der Waals surface area contributed by atoms with E-state index in [0.29, 0.717) is 0 Å². The van der Waals surface area contributed by atoms with E-state index in [1.165, 1.54) is 0 Å². The second-order valence-electron chi connectivity index (χ2n) is 3.00. The fourth-order valence-electron chi connectivity index (χ4n) is 1.26. The zero-order valence-corrected chi connectivity index (χ0v) is 9.02. The topological polar surface area (TPSA) is 29.1 Å².